The van der Waals surface area contributed by atoms with Gasteiger partial charge in [-0.1, -0.05) is 30.3 Å². The van der Waals surface area contributed by atoms with Crippen LogP contribution in [0.1, 0.15) is 41.7 Å². The van der Waals surface area contributed by atoms with Crippen molar-refractivity contribution < 1.29 is 13.2 Å². The van der Waals surface area contributed by atoms with E-state index in [1.54, 1.807) is 46.8 Å². The van der Waals surface area contributed by atoms with Crippen LogP contribution in [-0.4, -0.2) is 78.1 Å². The zero-order chi connectivity index (χ0) is 29.4. The Morgan fingerprint density at radius 3 is 2.51 bits per heavy atom. The van der Waals surface area contributed by atoms with E-state index < -0.39 is 10.0 Å². The number of carbonyl (C=O) groups is 1. The van der Waals surface area contributed by atoms with Crippen LogP contribution in [0.4, 0.5) is 0 Å². The fourth-order valence-corrected chi connectivity index (χ4v) is 9.07. The first kappa shape index (κ1) is 28.5. The quantitative estimate of drug-likeness (QED) is 0.247. The van der Waals surface area contributed by atoms with Crippen molar-refractivity contribution in [3.05, 3.63) is 88.2 Å². The van der Waals surface area contributed by atoms with E-state index in [0.717, 1.165) is 81.6 Å². The molecule has 0 saturated carbocycles. The van der Waals surface area contributed by atoms with Crippen molar-refractivity contribution in [2.45, 2.75) is 43.5 Å². The van der Waals surface area contributed by atoms with Gasteiger partial charge < -0.3 is 4.90 Å². The lowest BCUT2D eigenvalue weighted by Gasteiger charge is -2.35. The number of hydrazone groups is 1. The Kier molecular flexibility index (Phi) is 7.94. The minimum Gasteiger partial charge on any atom is -0.301 e. The maximum Gasteiger partial charge on any atom is 0.268 e. The standard InChI is InChI=1S/C33H37N5O3S2/c39-31-23-26-12-11-25-14-22-42-33(25)32(26)34-37(31)16-5-4-15-35-18-20-36(21-19-35)24-27-7-6-10-30-29(27)13-17-38(30)43(40,41)28-8-2-1-3-9-28/h1-3,6-10,13-14,17,22,26H,4-5,11-12,15-16,18-21,23-24H2. The van der Waals surface area contributed by atoms with Gasteiger partial charge in [0, 0.05) is 63.2 Å². The second-order valence-corrected chi connectivity index (χ2v) is 14.6. The number of hydrogen-bond donors (Lipinski definition) is 0. The van der Waals surface area contributed by atoms with Gasteiger partial charge in [-0.3, -0.25) is 9.69 Å². The molecule has 0 spiro atoms. The molecule has 4 heterocycles. The molecular formula is C33H37N5O3S2. The number of unbranched alkanes of at least 4 members (excludes halogenated alkanes) is 1. The van der Waals surface area contributed by atoms with Crippen molar-refractivity contribution in [3.63, 3.8) is 0 Å². The van der Waals surface area contributed by atoms with Gasteiger partial charge in [-0.25, -0.2) is 17.4 Å². The first-order valence-electron chi connectivity index (χ1n) is 15.3. The summed E-state index contributed by atoms with van der Waals surface area (Å²) in [5.41, 5.74) is 4.39. The highest BCUT2D eigenvalue weighted by Crippen LogP contribution is 2.35. The van der Waals surface area contributed by atoms with Crippen molar-refractivity contribution >= 4 is 43.9 Å². The number of fused-ring (bicyclic) bond motifs is 4. The van der Waals surface area contributed by atoms with E-state index in [4.69, 9.17) is 5.10 Å². The van der Waals surface area contributed by atoms with Crippen molar-refractivity contribution in [1.82, 2.24) is 18.8 Å². The monoisotopic (exact) mass is 615 g/mol. The molecule has 1 fully saturated rings. The Bertz CT molecular complexity index is 1750. The second-order valence-electron chi connectivity index (χ2n) is 11.8. The summed E-state index contributed by atoms with van der Waals surface area (Å²) in [6.45, 7) is 6.48. The molecule has 1 saturated heterocycles. The third kappa shape index (κ3) is 5.69. The first-order valence-corrected chi connectivity index (χ1v) is 17.6. The van der Waals surface area contributed by atoms with Gasteiger partial charge in [0.2, 0.25) is 5.91 Å². The molecule has 1 amide bonds. The molecule has 2 aromatic carbocycles. The molecule has 2 aromatic heterocycles. The van der Waals surface area contributed by atoms with Crippen molar-refractivity contribution in [2.75, 3.05) is 39.3 Å². The number of amides is 1. The summed E-state index contributed by atoms with van der Waals surface area (Å²) < 4.78 is 27.9. The molecule has 0 bridgehead atoms. The van der Waals surface area contributed by atoms with Crippen LogP contribution in [-0.2, 0) is 27.8 Å². The van der Waals surface area contributed by atoms with Crippen LogP contribution < -0.4 is 0 Å². The maximum atomic E-state index is 13.3. The van der Waals surface area contributed by atoms with Crippen LogP contribution in [0.5, 0.6) is 0 Å². The predicted molar refractivity (Wildman–Crippen MR) is 171 cm³/mol. The predicted octanol–water partition coefficient (Wildman–Crippen LogP) is 5.04. The van der Waals surface area contributed by atoms with E-state index in [1.165, 1.54) is 14.4 Å². The largest absolute Gasteiger partial charge is 0.301 e. The van der Waals surface area contributed by atoms with Gasteiger partial charge in [0.1, 0.15) is 0 Å². The molecule has 3 aliphatic rings. The fourth-order valence-electron chi connectivity index (χ4n) is 6.68. The van der Waals surface area contributed by atoms with Gasteiger partial charge in [0.25, 0.3) is 10.0 Å². The third-order valence-corrected chi connectivity index (χ3v) is 11.8. The normalized spacial score (nSPS) is 19.8. The zero-order valence-electron chi connectivity index (χ0n) is 24.3. The van der Waals surface area contributed by atoms with Gasteiger partial charge in [-0.05, 0) is 79.1 Å². The van der Waals surface area contributed by atoms with E-state index in [1.807, 2.05) is 24.3 Å². The highest BCUT2D eigenvalue weighted by atomic mass is 32.2. The lowest BCUT2D eigenvalue weighted by molar-refractivity contribution is -0.132. The lowest BCUT2D eigenvalue weighted by atomic mass is 9.84. The molecule has 4 aromatic rings. The molecule has 7 rings (SSSR count). The van der Waals surface area contributed by atoms with Gasteiger partial charge in [0.15, 0.2) is 0 Å². The van der Waals surface area contributed by atoms with Crippen LogP contribution >= 0.6 is 11.3 Å². The van der Waals surface area contributed by atoms with Gasteiger partial charge in [-0.2, -0.15) is 5.10 Å². The van der Waals surface area contributed by atoms with Gasteiger partial charge >= 0.3 is 0 Å². The minimum absolute atomic E-state index is 0.172. The number of nitrogens with zero attached hydrogens (tertiary/aromatic N) is 5. The number of aromatic nitrogens is 1. The number of aryl methyl sites for hydroxylation is 1. The minimum atomic E-state index is -3.65. The number of hydrogen-bond acceptors (Lipinski definition) is 7. The van der Waals surface area contributed by atoms with Crippen LogP contribution in [0.25, 0.3) is 10.9 Å². The number of benzene rings is 2. The summed E-state index contributed by atoms with van der Waals surface area (Å²) in [6.07, 6.45) is 6.36. The number of rotatable bonds is 9. The van der Waals surface area contributed by atoms with Crippen molar-refractivity contribution in [3.8, 4) is 0 Å². The Labute approximate surface area is 257 Å². The van der Waals surface area contributed by atoms with E-state index in [9.17, 15) is 13.2 Å². The summed E-state index contributed by atoms with van der Waals surface area (Å²) in [5, 5.41) is 9.70. The van der Waals surface area contributed by atoms with Crippen LogP contribution in [0.2, 0.25) is 0 Å². The molecule has 0 radical (unpaired) electrons. The molecule has 43 heavy (non-hydrogen) atoms. The molecule has 8 nitrogen and oxygen atoms in total. The lowest BCUT2D eigenvalue weighted by Crippen LogP contribution is -2.46. The number of piperazine rings is 1. The van der Waals surface area contributed by atoms with Crippen LogP contribution in [0, 0.1) is 5.92 Å². The maximum absolute atomic E-state index is 13.3. The van der Waals surface area contributed by atoms with E-state index >= 15 is 0 Å². The fraction of sp³-hybridized carbons (Fsp3) is 0.394. The molecule has 1 atom stereocenters. The second kappa shape index (κ2) is 12.0. The first-order chi connectivity index (χ1) is 21.0. The SMILES string of the molecule is O=C1CC2CCc3ccsc3C2=NN1CCCCN1CCN(Cc2cccc3c2ccn3S(=O)(=O)c2ccccc2)CC1. The highest BCUT2D eigenvalue weighted by molar-refractivity contribution is 7.90. The molecule has 2 aliphatic heterocycles. The number of carbonyl (C=O) groups excluding carboxylic acids is 1. The summed E-state index contributed by atoms with van der Waals surface area (Å²) in [5.74, 6) is 0.464. The Hall–Kier alpha value is -3.31. The van der Waals surface area contributed by atoms with Gasteiger partial charge in [0.05, 0.1) is 21.0 Å². The number of thiophene rings is 1. The highest BCUT2D eigenvalue weighted by Gasteiger charge is 2.34. The summed E-state index contributed by atoms with van der Waals surface area (Å²) >= 11 is 1.76. The molecule has 224 valence electrons. The van der Waals surface area contributed by atoms with E-state index in [2.05, 4.69) is 27.3 Å². The topological polar surface area (TPSA) is 78.2 Å². The summed E-state index contributed by atoms with van der Waals surface area (Å²) in [6, 6.07) is 18.7. The van der Waals surface area contributed by atoms with Gasteiger partial charge in [-0.15, -0.1) is 11.3 Å². The average Bonchev–Trinajstić information content (AvgIpc) is 3.69. The summed E-state index contributed by atoms with van der Waals surface area (Å²) in [4.78, 5) is 19.3. The summed E-state index contributed by atoms with van der Waals surface area (Å²) in [7, 11) is -3.65. The molecule has 1 aliphatic carbocycles. The van der Waals surface area contributed by atoms with E-state index in [0.29, 0.717) is 29.3 Å². The molecule has 10 heteroatoms. The van der Waals surface area contributed by atoms with E-state index in [-0.39, 0.29) is 5.91 Å². The molecular weight excluding hydrogens is 579 g/mol. The molecule has 0 N–H and O–H groups in total. The Balaban J connectivity index is 0.909. The van der Waals surface area contributed by atoms with Crippen LogP contribution in [0.3, 0.4) is 0 Å². The average molecular weight is 616 g/mol. The Morgan fingerprint density at radius 1 is 0.884 bits per heavy atom. The Morgan fingerprint density at radius 2 is 1.67 bits per heavy atom. The van der Waals surface area contributed by atoms with Crippen LogP contribution in [0.15, 0.2) is 82.2 Å². The van der Waals surface area contributed by atoms with Crippen molar-refractivity contribution in [1.29, 1.82) is 0 Å². The van der Waals surface area contributed by atoms with Crippen molar-refractivity contribution in [2.24, 2.45) is 11.0 Å². The molecule has 1 unspecified atom stereocenters. The zero-order valence-corrected chi connectivity index (χ0v) is 25.9. The smallest absolute Gasteiger partial charge is 0.268 e. The third-order valence-electron chi connectivity index (χ3n) is 9.11.